The smallest absolute Gasteiger partial charge is 0.242 e. The van der Waals surface area contributed by atoms with Crippen LogP contribution in [0.25, 0.3) is 10.8 Å². The summed E-state index contributed by atoms with van der Waals surface area (Å²) in [5.74, 6) is 0.731. The summed E-state index contributed by atoms with van der Waals surface area (Å²) in [5.41, 5.74) is 2.21. The molecular weight excluding hydrogens is 414 g/mol. The number of piperazine rings is 1. The fourth-order valence-electron chi connectivity index (χ4n) is 4.24. The van der Waals surface area contributed by atoms with Crippen LogP contribution in [0.15, 0.2) is 66.7 Å². The zero-order valence-electron chi connectivity index (χ0n) is 19.1. The third-order valence-electron chi connectivity index (χ3n) is 6.03. The highest BCUT2D eigenvalue weighted by atomic mass is 16.5. The Labute approximate surface area is 195 Å². The molecule has 6 nitrogen and oxygen atoms in total. The van der Waals surface area contributed by atoms with Crippen LogP contribution in [0, 0.1) is 0 Å². The number of nitrogens with one attached hydrogen (secondary N) is 1. The van der Waals surface area contributed by atoms with Gasteiger partial charge in [0.15, 0.2) is 0 Å². The third kappa shape index (κ3) is 6.11. The maximum absolute atomic E-state index is 12.6. The fourth-order valence-corrected chi connectivity index (χ4v) is 4.24. The predicted molar refractivity (Wildman–Crippen MR) is 130 cm³/mol. The number of ether oxygens (including phenoxy) is 1. The van der Waals surface area contributed by atoms with Crippen LogP contribution in [0.3, 0.4) is 0 Å². The van der Waals surface area contributed by atoms with E-state index in [9.17, 15) is 9.59 Å². The summed E-state index contributed by atoms with van der Waals surface area (Å²) in [7, 11) is 0. The highest BCUT2D eigenvalue weighted by Crippen LogP contribution is 2.19. The summed E-state index contributed by atoms with van der Waals surface area (Å²) < 4.78 is 5.50. The Kier molecular flexibility index (Phi) is 7.58. The number of amides is 2. The molecule has 1 fully saturated rings. The Balaban J connectivity index is 1.21. The second-order valence-corrected chi connectivity index (χ2v) is 8.33. The predicted octanol–water partition coefficient (Wildman–Crippen LogP) is 3.24. The van der Waals surface area contributed by atoms with Gasteiger partial charge in [0.1, 0.15) is 5.75 Å². The molecule has 6 heteroatoms. The number of fused-ring (bicyclic) bond motifs is 1. The van der Waals surface area contributed by atoms with Gasteiger partial charge in [-0.05, 0) is 41.0 Å². The number of nitrogens with zero attached hydrogens (tertiary/aromatic N) is 2. The van der Waals surface area contributed by atoms with Crippen molar-refractivity contribution in [2.24, 2.45) is 0 Å². The van der Waals surface area contributed by atoms with E-state index < -0.39 is 0 Å². The molecule has 172 valence electrons. The molecule has 0 spiro atoms. The van der Waals surface area contributed by atoms with Crippen molar-refractivity contribution in [2.45, 2.75) is 19.9 Å². The lowest BCUT2D eigenvalue weighted by Crippen LogP contribution is -2.50. The van der Waals surface area contributed by atoms with Gasteiger partial charge < -0.3 is 15.0 Å². The third-order valence-corrected chi connectivity index (χ3v) is 6.03. The van der Waals surface area contributed by atoms with Crippen molar-refractivity contribution >= 4 is 22.6 Å². The van der Waals surface area contributed by atoms with Crippen LogP contribution in [0.5, 0.6) is 5.75 Å². The van der Waals surface area contributed by atoms with Gasteiger partial charge in [-0.1, -0.05) is 54.6 Å². The van der Waals surface area contributed by atoms with Crippen molar-refractivity contribution in [3.05, 3.63) is 77.9 Å². The molecule has 0 radical (unpaired) electrons. The summed E-state index contributed by atoms with van der Waals surface area (Å²) in [6.45, 7) is 6.54. The molecular formula is C27H31N3O3. The highest BCUT2D eigenvalue weighted by molar-refractivity contribution is 5.91. The minimum absolute atomic E-state index is 0.0259. The largest absolute Gasteiger partial charge is 0.494 e. The molecule has 1 saturated heterocycles. The second kappa shape index (κ2) is 11.0. The van der Waals surface area contributed by atoms with Crippen molar-refractivity contribution in [1.82, 2.24) is 15.1 Å². The number of hydrogen-bond acceptors (Lipinski definition) is 4. The molecule has 1 aliphatic rings. The van der Waals surface area contributed by atoms with Crippen LogP contribution in [0.1, 0.15) is 18.1 Å². The Morgan fingerprint density at radius 1 is 0.909 bits per heavy atom. The minimum atomic E-state index is -0.131. The summed E-state index contributed by atoms with van der Waals surface area (Å²) in [5, 5.41) is 4.99. The van der Waals surface area contributed by atoms with Crippen molar-refractivity contribution in [2.75, 3.05) is 39.3 Å². The van der Waals surface area contributed by atoms with E-state index in [-0.39, 0.29) is 24.8 Å². The summed E-state index contributed by atoms with van der Waals surface area (Å²) in [4.78, 5) is 29.3. The van der Waals surface area contributed by atoms with Crippen LogP contribution >= 0.6 is 0 Å². The van der Waals surface area contributed by atoms with Gasteiger partial charge in [0.25, 0.3) is 0 Å². The van der Waals surface area contributed by atoms with E-state index >= 15 is 0 Å². The first-order chi connectivity index (χ1) is 16.1. The van der Waals surface area contributed by atoms with Crippen LogP contribution in [-0.4, -0.2) is 60.9 Å². The second-order valence-electron chi connectivity index (χ2n) is 8.33. The zero-order chi connectivity index (χ0) is 23.0. The summed E-state index contributed by atoms with van der Waals surface area (Å²) in [6, 6.07) is 22.2. The van der Waals surface area contributed by atoms with Crippen LogP contribution in [-0.2, 0) is 22.6 Å². The van der Waals surface area contributed by atoms with Gasteiger partial charge in [0.05, 0.1) is 19.6 Å². The standard InChI is InChI=1S/C27H31N3O3/c1-2-33-24-12-10-21(11-13-24)20-29-14-16-30(17-15-29)27(32)19-28-26(31)18-23-8-5-7-22-6-3-4-9-25(22)23/h3-13H,2,14-20H2,1H3,(H,28,31). The van der Waals surface area contributed by atoms with E-state index in [1.54, 1.807) is 0 Å². The van der Waals surface area contributed by atoms with E-state index in [4.69, 9.17) is 4.74 Å². The molecule has 2 amide bonds. The van der Waals surface area contributed by atoms with E-state index in [1.165, 1.54) is 5.56 Å². The van der Waals surface area contributed by atoms with Gasteiger partial charge in [0, 0.05) is 32.7 Å². The van der Waals surface area contributed by atoms with Gasteiger partial charge in [-0.15, -0.1) is 0 Å². The average molecular weight is 446 g/mol. The van der Waals surface area contributed by atoms with Gasteiger partial charge in [-0.3, -0.25) is 14.5 Å². The molecule has 3 aromatic rings. The van der Waals surface area contributed by atoms with Gasteiger partial charge in [-0.2, -0.15) is 0 Å². The Bertz CT molecular complexity index is 1080. The summed E-state index contributed by atoms with van der Waals surface area (Å²) >= 11 is 0. The number of carbonyl (C=O) groups excluding carboxylic acids is 2. The maximum atomic E-state index is 12.6. The molecule has 33 heavy (non-hydrogen) atoms. The number of rotatable bonds is 8. The molecule has 4 rings (SSSR count). The Morgan fingerprint density at radius 3 is 2.39 bits per heavy atom. The van der Waals surface area contributed by atoms with E-state index in [2.05, 4.69) is 22.3 Å². The molecule has 1 N–H and O–H groups in total. The average Bonchev–Trinajstić information content (AvgIpc) is 2.85. The fraction of sp³-hybridized carbons (Fsp3) is 0.333. The number of benzene rings is 3. The molecule has 1 aliphatic heterocycles. The van der Waals surface area contributed by atoms with E-state index in [1.807, 2.05) is 66.4 Å². The zero-order valence-corrected chi connectivity index (χ0v) is 19.1. The first-order valence-corrected chi connectivity index (χ1v) is 11.6. The molecule has 0 aromatic heterocycles. The molecule has 0 bridgehead atoms. The highest BCUT2D eigenvalue weighted by Gasteiger charge is 2.21. The molecule has 0 atom stereocenters. The van der Waals surface area contributed by atoms with E-state index in [0.29, 0.717) is 19.7 Å². The van der Waals surface area contributed by atoms with Crippen LogP contribution in [0.4, 0.5) is 0 Å². The normalized spacial score (nSPS) is 14.3. The number of carbonyl (C=O) groups is 2. The van der Waals surface area contributed by atoms with Crippen LogP contribution < -0.4 is 10.1 Å². The number of hydrogen-bond donors (Lipinski definition) is 1. The van der Waals surface area contributed by atoms with Gasteiger partial charge >= 0.3 is 0 Å². The molecule has 0 unspecified atom stereocenters. The van der Waals surface area contributed by atoms with Crippen molar-refractivity contribution in [1.29, 1.82) is 0 Å². The van der Waals surface area contributed by atoms with Gasteiger partial charge in [0.2, 0.25) is 11.8 Å². The lowest BCUT2D eigenvalue weighted by atomic mass is 10.0. The SMILES string of the molecule is CCOc1ccc(CN2CCN(C(=O)CNC(=O)Cc3cccc4ccccc34)CC2)cc1. The molecule has 0 aliphatic carbocycles. The molecule has 3 aromatic carbocycles. The maximum Gasteiger partial charge on any atom is 0.242 e. The van der Waals surface area contributed by atoms with Crippen molar-refractivity contribution in [3.63, 3.8) is 0 Å². The Hall–Kier alpha value is -3.38. The quantitative estimate of drug-likeness (QED) is 0.578. The van der Waals surface area contributed by atoms with Crippen molar-refractivity contribution < 1.29 is 14.3 Å². The lowest BCUT2D eigenvalue weighted by molar-refractivity contribution is -0.134. The van der Waals surface area contributed by atoms with E-state index in [0.717, 1.165) is 41.7 Å². The molecule has 0 saturated carbocycles. The monoisotopic (exact) mass is 445 g/mol. The lowest BCUT2D eigenvalue weighted by Gasteiger charge is -2.34. The Morgan fingerprint density at radius 2 is 1.64 bits per heavy atom. The van der Waals surface area contributed by atoms with Crippen molar-refractivity contribution in [3.8, 4) is 5.75 Å². The molecule has 1 heterocycles. The minimum Gasteiger partial charge on any atom is -0.494 e. The topological polar surface area (TPSA) is 61.9 Å². The first kappa shape index (κ1) is 22.8. The first-order valence-electron chi connectivity index (χ1n) is 11.6. The summed E-state index contributed by atoms with van der Waals surface area (Å²) in [6.07, 6.45) is 0.268. The van der Waals surface area contributed by atoms with Gasteiger partial charge in [-0.25, -0.2) is 0 Å². The van der Waals surface area contributed by atoms with Crippen LogP contribution in [0.2, 0.25) is 0 Å².